The fourth-order valence-electron chi connectivity index (χ4n) is 3.31. The summed E-state index contributed by atoms with van der Waals surface area (Å²) >= 11 is 0. The Morgan fingerprint density at radius 3 is 2.16 bits per heavy atom. The number of hydrogen-bond donors (Lipinski definition) is 2. The lowest BCUT2D eigenvalue weighted by atomic mass is 10.0. The minimum absolute atomic E-state index is 0.0155. The van der Waals surface area contributed by atoms with Gasteiger partial charge in [0.2, 0.25) is 0 Å². The van der Waals surface area contributed by atoms with Crippen molar-refractivity contribution in [2.75, 3.05) is 11.5 Å². The van der Waals surface area contributed by atoms with Crippen molar-refractivity contribution in [2.24, 2.45) is 0 Å². The van der Waals surface area contributed by atoms with Crippen LogP contribution in [0.5, 0.6) is 0 Å². The standard InChI is InChI=1S/C26H41N5O5S/c1-24(2,3)35-22(32)20(28-23(33)36-25(4,5)6)14-16-37(27,34)17-15-26(7,8)31-18-21(29-30-31)19-12-10-9-11-13-19/h9-13,18,20,27H,14-17H2,1-8H3,(H,28,33)/t20-,37?/m0/s1. The van der Waals surface area contributed by atoms with Crippen molar-refractivity contribution in [2.45, 2.75) is 91.0 Å². The molecule has 0 aliphatic rings. The van der Waals surface area contributed by atoms with Crippen LogP contribution in [-0.2, 0) is 29.5 Å². The van der Waals surface area contributed by atoms with E-state index in [1.54, 1.807) is 46.2 Å². The molecular formula is C26H41N5O5S. The van der Waals surface area contributed by atoms with E-state index in [0.717, 1.165) is 11.3 Å². The van der Waals surface area contributed by atoms with Crippen LogP contribution in [0.2, 0.25) is 0 Å². The number of alkyl carbamates (subject to hydrolysis) is 1. The minimum Gasteiger partial charge on any atom is -0.458 e. The summed E-state index contributed by atoms with van der Waals surface area (Å²) in [6.45, 7) is 14.2. The Bertz CT molecular complexity index is 1160. The van der Waals surface area contributed by atoms with Crippen LogP contribution in [0.4, 0.5) is 4.79 Å². The molecule has 2 atom stereocenters. The average Bonchev–Trinajstić information content (AvgIpc) is 3.25. The van der Waals surface area contributed by atoms with E-state index in [-0.39, 0.29) is 17.9 Å². The molecule has 0 saturated heterocycles. The molecule has 0 radical (unpaired) electrons. The fourth-order valence-corrected chi connectivity index (χ4v) is 4.96. The molecule has 1 unspecified atom stereocenters. The summed E-state index contributed by atoms with van der Waals surface area (Å²) in [6.07, 6.45) is 1.45. The summed E-state index contributed by atoms with van der Waals surface area (Å²) in [5.74, 6) is -0.659. The molecule has 0 spiro atoms. The van der Waals surface area contributed by atoms with Gasteiger partial charge in [0.25, 0.3) is 0 Å². The van der Waals surface area contributed by atoms with Crippen molar-refractivity contribution < 1.29 is 23.3 Å². The van der Waals surface area contributed by atoms with Gasteiger partial charge in [-0.25, -0.2) is 18.5 Å². The molecular weight excluding hydrogens is 494 g/mol. The van der Waals surface area contributed by atoms with Gasteiger partial charge in [0.1, 0.15) is 22.9 Å². The number of esters is 1. The average molecular weight is 536 g/mol. The number of ether oxygens (including phenoxy) is 2. The zero-order chi connectivity index (χ0) is 28.1. The maximum absolute atomic E-state index is 13.1. The van der Waals surface area contributed by atoms with E-state index in [2.05, 4.69) is 15.6 Å². The van der Waals surface area contributed by atoms with Crippen molar-refractivity contribution in [3.05, 3.63) is 36.5 Å². The van der Waals surface area contributed by atoms with Crippen LogP contribution in [-0.4, -0.2) is 60.0 Å². The molecule has 11 heteroatoms. The van der Waals surface area contributed by atoms with Crippen LogP contribution in [0.15, 0.2) is 36.5 Å². The summed E-state index contributed by atoms with van der Waals surface area (Å²) in [7, 11) is -3.07. The number of amides is 1. The number of benzene rings is 1. The molecule has 2 rings (SSSR count). The van der Waals surface area contributed by atoms with Crippen LogP contribution < -0.4 is 5.32 Å². The predicted octanol–water partition coefficient (Wildman–Crippen LogP) is 4.74. The second-order valence-electron chi connectivity index (χ2n) is 11.7. The lowest BCUT2D eigenvalue weighted by Gasteiger charge is -2.27. The van der Waals surface area contributed by atoms with E-state index in [1.165, 1.54) is 0 Å². The van der Waals surface area contributed by atoms with Gasteiger partial charge in [-0.1, -0.05) is 35.5 Å². The Labute approximate surface area is 220 Å². The zero-order valence-electron chi connectivity index (χ0n) is 23.2. The second kappa shape index (κ2) is 11.6. The molecule has 2 aromatic rings. The third-order valence-electron chi connectivity index (χ3n) is 5.35. The summed E-state index contributed by atoms with van der Waals surface area (Å²) in [5.41, 5.74) is -0.386. The molecule has 0 saturated carbocycles. The van der Waals surface area contributed by atoms with Crippen LogP contribution in [0.1, 0.15) is 68.2 Å². The number of rotatable bonds is 10. The van der Waals surface area contributed by atoms with Gasteiger partial charge in [0.05, 0.1) is 11.7 Å². The molecule has 37 heavy (non-hydrogen) atoms. The molecule has 0 bridgehead atoms. The molecule has 0 fully saturated rings. The summed E-state index contributed by atoms with van der Waals surface area (Å²) in [4.78, 5) is 25.0. The molecule has 1 amide bonds. The molecule has 10 nitrogen and oxygen atoms in total. The topological polar surface area (TPSA) is 136 Å². The quantitative estimate of drug-likeness (QED) is 0.419. The van der Waals surface area contributed by atoms with Gasteiger partial charge in [-0.2, -0.15) is 0 Å². The van der Waals surface area contributed by atoms with Crippen LogP contribution >= 0.6 is 0 Å². The fraction of sp³-hybridized carbons (Fsp3) is 0.615. The number of hydrogen-bond acceptors (Lipinski definition) is 8. The van der Waals surface area contributed by atoms with Crippen molar-refractivity contribution in [1.82, 2.24) is 20.3 Å². The third-order valence-corrected chi connectivity index (χ3v) is 7.10. The number of nitrogens with zero attached hydrogens (tertiary/aromatic N) is 3. The first-order valence-corrected chi connectivity index (χ1v) is 14.2. The number of carbonyl (C=O) groups excluding carboxylic acids is 2. The first-order valence-electron chi connectivity index (χ1n) is 12.3. The maximum atomic E-state index is 13.1. The van der Waals surface area contributed by atoms with Gasteiger partial charge in [0.15, 0.2) is 0 Å². The minimum atomic E-state index is -3.07. The first kappa shape index (κ1) is 30.3. The number of nitrogens with one attached hydrogen (secondary N) is 2. The number of aromatic nitrogens is 3. The van der Waals surface area contributed by atoms with E-state index < -0.39 is 44.6 Å². The molecule has 206 valence electrons. The highest BCUT2D eigenvalue weighted by Gasteiger charge is 2.30. The third kappa shape index (κ3) is 10.5. The lowest BCUT2D eigenvalue weighted by Crippen LogP contribution is -2.46. The molecule has 2 N–H and O–H groups in total. The molecule has 1 heterocycles. The number of carbonyl (C=O) groups is 2. The van der Waals surface area contributed by atoms with E-state index in [4.69, 9.17) is 14.3 Å². The lowest BCUT2D eigenvalue weighted by molar-refractivity contribution is -0.157. The Kier molecular flexibility index (Phi) is 9.51. The smallest absolute Gasteiger partial charge is 0.408 e. The summed E-state index contributed by atoms with van der Waals surface area (Å²) in [6, 6.07) is 8.60. The highest BCUT2D eigenvalue weighted by Crippen LogP contribution is 2.24. The Morgan fingerprint density at radius 1 is 1.00 bits per heavy atom. The van der Waals surface area contributed by atoms with E-state index >= 15 is 0 Å². The molecule has 0 aliphatic carbocycles. The molecule has 1 aromatic carbocycles. The van der Waals surface area contributed by atoms with Crippen molar-refractivity contribution in [3.8, 4) is 11.3 Å². The van der Waals surface area contributed by atoms with Crippen LogP contribution in [0.3, 0.4) is 0 Å². The van der Waals surface area contributed by atoms with Gasteiger partial charge in [-0.15, -0.1) is 5.10 Å². The Hall–Kier alpha value is -2.95. The van der Waals surface area contributed by atoms with Gasteiger partial charge >= 0.3 is 12.1 Å². The predicted molar refractivity (Wildman–Crippen MR) is 144 cm³/mol. The first-order chi connectivity index (χ1) is 16.9. The van der Waals surface area contributed by atoms with Crippen molar-refractivity contribution in [1.29, 1.82) is 4.78 Å². The van der Waals surface area contributed by atoms with Crippen molar-refractivity contribution >= 4 is 21.8 Å². The zero-order valence-corrected chi connectivity index (χ0v) is 24.0. The van der Waals surface area contributed by atoms with Gasteiger partial charge < -0.3 is 14.8 Å². The van der Waals surface area contributed by atoms with Gasteiger partial charge in [0, 0.05) is 26.8 Å². The van der Waals surface area contributed by atoms with E-state index in [9.17, 15) is 13.8 Å². The largest absolute Gasteiger partial charge is 0.458 e. The van der Waals surface area contributed by atoms with Gasteiger partial charge in [-0.05, 0) is 68.2 Å². The maximum Gasteiger partial charge on any atom is 0.408 e. The Balaban J connectivity index is 2.04. The van der Waals surface area contributed by atoms with Crippen LogP contribution in [0.25, 0.3) is 11.3 Å². The SMILES string of the molecule is CC(C)(C)OC(=O)N[C@@H](CCS(=N)(=O)CCC(C)(C)n1cc(-c2ccccc2)nn1)C(=O)OC(C)(C)C. The molecule has 0 aliphatic heterocycles. The summed E-state index contributed by atoms with van der Waals surface area (Å²) in [5, 5.41) is 11.0. The van der Waals surface area contributed by atoms with Crippen LogP contribution in [0, 0.1) is 4.78 Å². The van der Waals surface area contributed by atoms with Crippen molar-refractivity contribution in [3.63, 3.8) is 0 Å². The van der Waals surface area contributed by atoms with Gasteiger partial charge in [-0.3, -0.25) is 4.78 Å². The highest BCUT2D eigenvalue weighted by atomic mass is 32.2. The summed E-state index contributed by atoms with van der Waals surface area (Å²) < 4.78 is 34.0. The second-order valence-corrected chi connectivity index (χ2v) is 14.2. The van der Waals surface area contributed by atoms with E-state index in [1.807, 2.05) is 50.4 Å². The monoisotopic (exact) mass is 535 g/mol. The molecule has 1 aromatic heterocycles. The Morgan fingerprint density at radius 2 is 1.59 bits per heavy atom. The normalized spacial score (nSPS) is 14.9. The van der Waals surface area contributed by atoms with E-state index in [0.29, 0.717) is 6.42 Å². The highest BCUT2D eigenvalue weighted by molar-refractivity contribution is 7.92.